The molecular formula is C5H6N2O. The average Bonchev–Trinajstić information content (AvgIpc) is 1.68. The number of nitrogens with zero attached hydrogens (tertiary/aromatic N) is 2. The highest BCUT2D eigenvalue weighted by molar-refractivity contribution is 4.82. The summed E-state index contributed by atoms with van der Waals surface area (Å²) in [6, 6.07) is 3.50. The highest BCUT2D eigenvalue weighted by atomic mass is 16.3. The van der Waals surface area contributed by atoms with E-state index < -0.39 is 6.10 Å². The van der Waals surface area contributed by atoms with Gasteiger partial charge in [0.05, 0.1) is 31.1 Å². The van der Waals surface area contributed by atoms with E-state index in [-0.39, 0.29) is 12.8 Å². The van der Waals surface area contributed by atoms with Gasteiger partial charge in [0.1, 0.15) is 0 Å². The summed E-state index contributed by atoms with van der Waals surface area (Å²) in [5.41, 5.74) is 0. The summed E-state index contributed by atoms with van der Waals surface area (Å²) < 4.78 is 0. The molecule has 0 aliphatic heterocycles. The minimum atomic E-state index is -0.759. The first kappa shape index (κ1) is 6.94. The number of hydrogen-bond acceptors (Lipinski definition) is 3. The SMILES string of the molecule is N#CCC(O)CC#[15N]. The van der Waals surface area contributed by atoms with Gasteiger partial charge in [-0.2, -0.15) is 10.5 Å². The lowest BCUT2D eigenvalue weighted by molar-refractivity contribution is 0.185. The molecule has 0 aromatic rings. The summed E-state index contributed by atoms with van der Waals surface area (Å²) >= 11 is 0. The number of hydrogen-bond donors (Lipinski definition) is 1. The molecule has 3 heteroatoms. The third-order valence-electron chi connectivity index (χ3n) is 0.654. The lowest BCUT2D eigenvalue weighted by Gasteiger charge is -1.94. The van der Waals surface area contributed by atoms with E-state index in [4.69, 9.17) is 15.6 Å². The fourth-order valence-electron chi connectivity index (χ4n) is 0.283. The average molecular weight is 111 g/mol. The highest BCUT2D eigenvalue weighted by Gasteiger charge is 1.98. The van der Waals surface area contributed by atoms with Gasteiger partial charge in [-0.3, -0.25) is 0 Å². The summed E-state index contributed by atoms with van der Waals surface area (Å²) in [4.78, 5) is 0. The number of rotatable bonds is 2. The van der Waals surface area contributed by atoms with Crippen LogP contribution in [-0.4, -0.2) is 11.2 Å². The van der Waals surface area contributed by atoms with E-state index in [2.05, 4.69) is 0 Å². The molecule has 0 heterocycles. The monoisotopic (exact) mass is 111 g/mol. The maximum atomic E-state index is 8.60. The van der Waals surface area contributed by atoms with Crippen molar-refractivity contribution in [1.82, 2.24) is 0 Å². The van der Waals surface area contributed by atoms with Crippen molar-refractivity contribution >= 4 is 0 Å². The minimum absolute atomic E-state index is 0.0492. The first-order valence-corrected chi connectivity index (χ1v) is 2.23. The largest absolute Gasteiger partial charge is 0.391 e. The Morgan fingerprint density at radius 1 is 1.25 bits per heavy atom. The molecule has 0 saturated carbocycles. The molecule has 0 fully saturated rings. The van der Waals surface area contributed by atoms with Crippen LogP contribution in [0.4, 0.5) is 0 Å². The minimum Gasteiger partial charge on any atom is -0.391 e. The van der Waals surface area contributed by atoms with Crippen molar-refractivity contribution in [2.24, 2.45) is 0 Å². The maximum Gasteiger partial charge on any atom is 0.0799 e. The topological polar surface area (TPSA) is 67.8 Å². The molecule has 0 saturated heterocycles. The molecule has 0 spiro atoms. The van der Waals surface area contributed by atoms with Gasteiger partial charge in [0.25, 0.3) is 0 Å². The zero-order valence-corrected chi connectivity index (χ0v) is 4.33. The van der Waals surface area contributed by atoms with Gasteiger partial charge in [0, 0.05) is 0 Å². The molecule has 3 nitrogen and oxygen atoms in total. The summed E-state index contributed by atoms with van der Waals surface area (Å²) in [6.07, 6.45) is -0.661. The summed E-state index contributed by atoms with van der Waals surface area (Å²) in [6.45, 7) is 0. The van der Waals surface area contributed by atoms with Gasteiger partial charge in [-0.05, 0) is 0 Å². The number of aliphatic hydroxyl groups excluding tert-OH is 1. The molecule has 0 radical (unpaired) electrons. The molecule has 0 aliphatic carbocycles. The first-order chi connectivity index (χ1) is 3.81. The van der Waals surface area contributed by atoms with Crippen LogP contribution in [0, 0.1) is 22.7 Å². The van der Waals surface area contributed by atoms with Crippen LogP contribution in [0.1, 0.15) is 12.8 Å². The fourth-order valence-corrected chi connectivity index (χ4v) is 0.283. The highest BCUT2D eigenvalue weighted by Crippen LogP contribution is 1.92. The summed E-state index contributed by atoms with van der Waals surface area (Å²) in [5.74, 6) is 0. The van der Waals surface area contributed by atoms with Crippen LogP contribution in [0.5, 0.6) is 0 Å². The molecule has 1 unspecified atom stereocenters. The fraction of sp³-hybridized carbons (Fsp3) is 0.600. The number of aliphatic hydroxyl groups is 1. The van der Waals surface area contributed by atoms with Gasteiger partial charge >= 0.3 is 0 Å². The van der Waals surface area contributed by atoms with Crippen LogP contribution in [0.3, 0.4) is 0 Å². The van der Waals surface area contributed by atoms with Crippen molar-refractivity contribution in [2.75, 3.05) is 0 Å². The molecule has 8 heavy (non-hydrogen) atoms. The third kappa shape index (κ3) is 3.14. The molecule has 0 aromatic heterocycles. The second-order valence-corrected chi connectivity index (χ2v) is 1.38. The summed E-state index contributed by atoms with van der Waals surface area (Å²) in [7, 11) is 0. The molecule has 0 rings (SSSR count). The van der Waals surface area contributed by atoms with Gasteiger partial charge in [-0.15, -0.1) is 0 Å². The van der Waals surface area contributed by atoms with E-state index in [0.29, 0.717) is 0 Å². The van der Waals surface area contributed by atoms with Crippen LogP contribution in [-0.2, 0) is 0 Å². The maximum absolute atomic E-state index is 8.60. The molecule has 1 atom stereocenters. The summed E-state index contributed by atoms with van der Waals surface area (Å²) in [5, 5.41) is 24.5. The van der Waals surface area contributed by atoms with E-state index in [9.17, 15) is 0 Å². The standard InChI is InChI=1S/C5H6N2O/c6-3-1-5(8)2-4-7/h5,8H,1-2H2/i6+1. The van der Waals surface area contributed by atoms with E-state index in [1.807, 2.05) is 0 Å². The van der Waals surface area contributed by atoms with Crippen molar-refractivity contribution in [3.63, 3.8) is 0 Å². The predicted octanol–water partition coefficient (Wildman–Crippen LogP) is 0.175. The zero-order chi connectivity index (χ0) is 6.41. The normalized spacial score (nSPS) is 11.4. The van der Waals surface area contributed by atoms with Crippen molar-refractivity contribution in [2.45, 2.75) is 18.9 Å². The van der Waals surface area contributed by atoms with Gasteiger partial charge in [-0.25, -0.2) is 0 Å². The Labute approximate surface area is 47.8 Å². The second-order valence-electron chi connectivity index (χ2n) is 1.38. The molecule has 42 valence electrons. The van der Waals surface area contributed by atoms with E-state index in [0.717, 1.165) is 0 Å². The second kappa shape index (κ2) is 4.11. The Kier molecular flexibility index (Phi) is 3.56. The van der Waals surface area contributed by atoms with E-state index >= 15 is 0 Å². The molecule has 0 bridgehead atoms. The van der Waals surface area contributed by atoms with Crippen LogP contribution in [0.2, 0.25) is 0 Å². The van der Waals surface area contributed by atoms with E-state index in [1.54, 1.807) is 12.1 Å². The van der Waals surface area contributed by atoms with Crippen molar-refractivity contribution < 1.29 is 5.11 Å². The Bertz CT molecular complexity index is 114. The molecule has 0 amide bonds. The third-order valence-corrected chi connectivity index (χ3v) is 0.654. The lowest BCUT2D eigenvalue weighted by atomic mass is 10.2. The van der Waals surface area contributed by atoms with Crippen LogP contribution < -0.4 is 0 Å². The first-order valence-electron chi connectivity index (χ1n) is 2.23. The Balaban J connectivity index is 3.25. The van der Waals surface area contributed by atoms with Crippen molar-refractivity contribution in [3.05, 3.63) is 0 Å². The Hall–Kier alpha value is -1.06. The zero-order valence-electron chi connectivity index (χ0n) is 4.33. The van der Waals surface area contributed by atoms with Gasteiger partial charge in [0.2, 0.25) is 0 Å². The molecular weight excluding hydrogens is 105 g/mol. The number of nitriles is 2. The van der Waals surface area contributed by atoms with E-state index in [1.165, 1.54) is 0 Å². The van der Waals surface area contributed by atoms with Crippen molar-refractivity contribution in [3.8, 4) is 12.1 Å². The van der Waals surface area contributed by atoms with Gasteiger partial charge < -0.3 is 5.11 Å². The quantitative estimate of drug-likeness (QED) is 0.516. The predicted molar refractivity (Wildman–Crippen MR) is 26.5 cm³/mol. The van der Waals surface area contributed by atoms with Crippen molar-refractivity contribution in [1.29, 1.82) is 10.5 Å². The Morgan fingerprint density at radius 2 is 1.62 bits per heavy atom. The molecule has 1 N–H and O–H groups in total. The van der Waals surface area contributed by atoms with Gasteiger partial charge in [0.15, 0.2) is 0 Å². The van der Waals surface area contributed by atoms with Crippen LogP contribution >= 0.6 is 0 Å². The van der Waals surface area contributed by atoms with Crippen LogP contribution in [0.25, 0.3) is 0 Å². The smallest absolute Gasteiger partial charge is 0.0799 e. The Morgan fingerprint density at radius 3 is 1.88 bits per heavy atom. The molecule has 0 aliphatic rings. The van der Waals surface area contributed by atoms with Crippen LogP contribution in [0.15, 0.2) is 0 Å². The molecule has 0 aromatic carbocycles. The lowest BCUT2D eigenvalue weighted by Crippen LogP contribution is -2.02. The van der Waals surface area contributed by atoms with Gasteiger partial charge in [-0.1, -0.05) is 0 Å².